The van der Waals surface area contributed by atoms with Crippen molar-refractivity contribution in [3.8, 4) is 5.88 Å². The molecule has 3 N–H and O–H groups in total. The van der Waals surface area contributed by atoms with Gasteiger partial charge in [0.05, 0.1) is 6.61 Å². The van der Waals surface area contributed by atoms with E-state index >= 15 is 0 Å². The average Bonchev–Trinajstić information content (AvgIpc) is 2.43. The highest BCUT2D eigenvalue weighted by Crippen LogP contribution is 2.16. The summed E-state index contributed by atoms with van der Waals surface area (Å²) in [4.78, 5) is 12.4. The molecule has 2 aromatic heterocycles. The quantitative estimate of drug-likeness (QED) is 0.838. The van der Waals surface area contributed by atoms with Crippen LogP contribution in [-0.2, 0) is 6.54 Å². The molecular weight excluding hydrogens is 254 g/mol. The van der Waals surface area contributed by atoms with Crippen LogP contribution in [0.2, 0.25) is 0 Å². The Kier molecular flexibility index (Phi) is 4.70. The molecule has 2 rings (SSSR count). The maximum absolute atomic E-state index is 5.62. The molecule has 0 saturated carbocycles. The maximum Gasteiger partial charge on any atom is 0.222 e. The van der Waals surface area contributed by atoms with Crippen LogP contribution in [0.3, 0.4) is 0 Å². The number of rotatable bonds is 6. The first-order chi connectivity index (χ1) is 9.69. The first kappa shape index (κ1) is 14.0. The summed E-state index contributed by atoms with van der Waals surface area (Å²) >= 11 is 0. The van der Waals surface area contributed by atoms with Gasteiger partial charge in [0.15, 0.2) is 0 Å². The molecule has 0 aliphatic carbocycles. The SMILES string of the molecule is CCCOc1ncccc1CNc1cc(C)nc(N)n1. The Morgan fingerprint density at radius 1 is 1.35 bits per heavy atom. The molecule has 6 heteroatoms. The number of nitrogens with two attached hydrogens (primary N) is 1. The predicted molar refractivity (Wildman–Crippen MR) is 78.5 cm³/mol. The minimum Gasteiger partial charge on any atom is -0.477 e. The van der Waals surface area contributed by atoms with E-state index in [4.69, 9.17) is 10.5 Å². The Labute approximate surface area is 118 Å². The lowest BCUT2D eigenvalue weighted by Gasteiger charge is -2.11. The lowest BCUT2D eigenvalue weighted by molar-refractivity contribution is 0.302. The molecule has 0 unspecified atom stereocenters. The molecule has 0 aliphatic heterocycles. The number of ether oxygens (including phenoxy) is 1. The Morgan fingerprint density at radius 2 is 2.20 bits per heavy atom. The van der Waals surface area contributed by atoms with E-state index in [0.717, 1.165) is 17.7 Å². The van der Waals surface area contributed by atoms with Gasteiger partial charge >= 0.3 is 0 Å². The number of pyridine rings is 1. The number of nitrogens with one attached hydrogen (secondary N) is 1. The smallest absolute Gasteiger partial charge is 0.222 e. The normalized spacial score (nSPS) is 10.3. The molecule has 2 heterocycles. The van der Waals surface area contributed by atoms with Crippen molar-refractivity contribution in [2.75, 3.05) is 17.7 Å². The van der Waals surface area contributed by atoms with E-state index in [1.165, 1.54) is 0 Å². The fourth-order valence-corrected chi connectivity index (χ4v) is 1.76. The second-order valence-electron chi connectivity index (χ2n) is 4.42. The van der Waals surface area contributed by atoms with Gasteiger partial charge in [0.1, 0.15) is 5.82 Å². The van der Waals surface area contributed by atoms with Gasteiger partial charge in [-0.1, -0.05) is 13.0 Å². The molecule has 0 atom stereocenters. The molecule has 0 saturated heterocycles. The molecule has 0 amide bonds. The summed E-state index contributed by atoms with van der Waals surface area (Å²) < 4.78 is 5.61. The molecule has 0 fully saturated rings. The van der Waals surface area contributed by atoms with Crippen molar-refractivity contribution in [2.45, 2.75) is 26.8 Å². The van der Waals surface area contributed by atoms with Crippen LogP contribution in [0.1, 0.15) is 24.6 Å². The summed E-state index contributed by atoms with van der Waals surface area (Å²) in [5.41, 5.74) is 7.43. The van der Waals surface area contributed by atoms with Crippen molar-refractivity contribution in [3.05, 3.63) is 35.7 Å². The first-order valence-electron chi connectivity index (χ1n) is 6.60. The van der Waals surface area contributed by atoms with Crippen LogP contribution in [0.4, 0.5) is 11.8 Å². The largest absolute Gasteiger partial charge is 0.477 e. The summed E-state index contributed by atoms with van der Waals surface area (Å²) in [6, 6.07) is 5.71. The molecule has 106 valence electrons. The van der Waals surface area contributed by atoms with Crippen LogP contribution in [0.15, 0.2) is 24.4 Å². The highest BCUT2D eigenvalue weighted by Gasteiger charge is 2.05. The van der Waals surface area contributed by atoms with Crippen LogP contribution in [0, 0.1) is 6.92 Å². The Bertz CT molecular complexity index is 553. The summed E-state index contributed by atoms with van der Waals surface area (Å²) in [5, 5.41) is 3.21. The second-order valence-corrected chi connectivity index (χ2v) is 4.42. The summed E-state index contributed by atoms with van der Waals surface area (Å²) in [7, 11) is 0. The van der Waals surface area contributed by atoms with Gasteiger partial charge in [-0.05, 0) is 19.4 Å². The first-order valence-corrected chi connectivity index (χ1v) is 6.60. The minimum absolute atomic E-state index is 0.265. The van der Waals surface area contributed by atoms with Crippen LogP contribution in [0.5, 0.6) is 5.88 Å². The van der Waals surface area contributed by atoms with Crippen molar-refractivity contribution in [1.82, 2.24) is 15.0 Å². The van der Waals surface area contributed by atoms with Gasteiger partial charge in [-0.25, -0.2) is 9.97 Å². The molecule has 2 aromatic rings. The predicted octanol–water partition coefficient (Wildman–Crippen LogP) is 2.16. The van der Waals surface area contributed by atoms with Crippen LogP contribution in [-0.4, -0.2) is 21.6 Å². The van der Waals surface area contributed by atoms with Gasteiger partial charge in [-0.15, -0.1) is 0 Å². The van der Waals surface area contributed by atoms with E-state index < -0.39 is 0 Å². The molecular formula is C14H19N5O. The molecule has 0 radical (unpaired) electrons. The second kappa shape index (κ2) is 6.70. The highest BCUT2D eigenvalue weighted by atomic mass is 16.5. The zero-order chi connectivity index (χ0) is 14.4. The van der Waals surface area contributed by atoms with Crippen molar-refractivity contribution >= 4 is 11.8 Å². The van der Waals surface area contributed by atoms with E-state index in [0.29, 0.717) is 24.8 Å². The molecule has 20 heavy (non-hydrogen) atoms. The van der Waals surface area contributed by atoms with Gasteiger partial charge in [0.25, 0.3) is 0 Å². The van der Waals surface area contributed by atoms with E-state index in [1.54, 1.807) is 6.20 Å². The Morgan fingerprint density at radius 3 is 2.95 bits per heavy atom. The molecule has 0 spiro atoms. The lowest BCUT2D eigenvalue weighted by atomic mass is 10.2. The van der Waals surface area contributed by atoms with E-state index in [1.807, 2.05) is 25.1 Å². The maximum atomic E-state index is 5.62. The number of anilines is 2. The fraction of sp³-hybridized carbons (Fsp3) is 0.357. The topological polar surface area (TPSA) is 86.0 Å². The van der Waals surface area contributed by atoms with Crippen molar-refractivity contribution in [2.24, 2.45) is 0 Å². The average molecular weight is 273 g/mol. The third-order valence-electron chi connectivity index (χ3n) is 2.62. The van der Waals surface area contributed by atoms with Gasteiger partial charge in [0.2, 0.25) is 11.8 Å². The molecule has 0 aromatic carbocycles. The zero-order valence-corrected chi connectivity index (χ0v) is 11.8. The summed E-state index contributed by atoms with van der Waals surface area (Å²) in [6.45, 7) is 5.17. The van der Waals surface area contributed by atoms with Crippen LogP contribution < -0.4 is 15.8 Å². The van der Waals surface area contributed by atoms with Crippen molar-refractivity contribution in [1.29, 1.82) is 0 Å². The van der Waals surface area contributed by atoms with Gasteiger partial charge in [-0.2, -0.15) is 4.98 Å². The number of nitrogens with zero attached hydrogens (tertiary/aromatic N) is 3. The number of hydrogen-bond acceptors (Lipinski definition) is 6. The fourth-order valence-electron chi connectivity index (χ4n) is 1.76. The molecule has 0 aliphatic rings. The van der Waals surface area contributed by atoms with Crippen LogP contribution in [0.25, 0.3) is 0 Å². The monoisotopic (exact) mass is 273 g/mol. The summed E-state index contributed by atoms with van der Waals surface area (Å²) in [5.74, 6) is 1.61. The summed E-state index contributed by atoms with van der Waals surface area (Å²) in [6.07, 6.45) is 2.67. The number of nitrogen functional groups attached to an aromatic ring is 1. The van der Waals surface area contributed by atoms with E-state index in [9.17, 15) is 0 Å². The third kappa shape index (κ3) is 3.81. The third-order valence-corrected chi connectivity index (χ3v) is 2.62. The van der Waals surface area contributed by atoms with Crippen molar-refractivity contribution < 1.29 is 4.74 Å². The lowest BCUT2D eigenvalue weighted by Crippen LogP contribution is -2.08. The zero-order valence-electron chi connectivity index (χ0n) is 11.8. The number of aryl methyl sites for hydroxylation is 1. The van der Waals surface area contributed by atoms with Crippen LogP contribution >= 0.6 is 0 Å². The minimum atomic E-state index is 0.265. The number of aromatic nitrogens is 3. The Hall–Kier alpha value is -2.37. The van der Waals surface area contributed by atoms with Gasteiger partial charge in [-0.3, -0.25) is 0 Å². The highest BCUT2D eigenvalue weighted by molar-refractivity contribution is 5.41. The van der Waals surface area contributed by atoms with Crippen molar-refractivity contribution in [3.63, 3.8) is 0 Å². The van der Waals surface area contributed by atoms with E-state index in [2.05, 4.69) is 27.2 Å². The van der Waals surface area contributed by atoms with E-state index in [-0.39, 0.29) is 5.95 Å². The molecule has 0 bridgehead atoms. The van der Waals surface area contributed by atoms with Gasteiger partial charge in [0, 0.05) is 30.1 Å². The molecule has 6 nitrogen and oxygen atoms in total. The number of hydrogen-bond donors (Lipinski definition) is 2. The standard InChI is InChI=1S/C14H19N5O/c1-3-7-20-13-11(5-4-6-16-13)9-17-12-8-10(2)18-14(15)19-12/h4-6,8H,3,7,9H2,1-2H3,(H3,15,17,18,19). The Balaban J connectivity index is 2.06. The van der Waals surface area contributed by atoms with Gasteiger partial charge < -0.3 is 15.8 Å².